The lowest BCUT2D eigenvalue weighted by molar-refractivity contribution is 0.0982. The van der Waals surface area contributed by atoms with Crippen molar-refractivity contribution in [2.45, 2.75) is 13.5 Å². The van der Waals surface area contributed by atoms with E-state index in [4.69, 9.17) is 5.73 Å². The number of hydrogen-bond donors (Lipinski definition) is 1. The molecule has 0 radical (unpaired) electrons. The van der Waals surface area contributed by atoms with E-state index in [0.717, 1.165) is 5.56 Å². The van der Waals surface area contributed by atoms with Crippen LogP contribution in [0.2, 0.25) is 0 Å². The molecule has 1 aromatic carbocycles. The first-order chi connectivity index (χ1) is 9.67. The molecule has 0 unspecified atom stereocenters. The average Bonchev–Trinajstić information content (AvgIpc) is 2.50. The number of benzene rings is 1. The third kappa shape index (κ3) is 2.83. The minimum Gasteiger partial charge on any atom is -0.326 e. The lowest BCUT2D eigenvalue weighted by atomic mass is 10.2. The molecule has 0 saturated carbocycles. The fraction of sp³-hybridized carbons (Fsp3) is 0.200. The second-order valence-electron chi connectivity index (χ2n) is 4.26. The first kappa shape index (κ1) is 14.1. The molecular weight excluding hydrogens is 257 g/mol. The van der Waals surface area contributed by atoms with Crippen LogP contribution >= 0.6 is 0 Å². The summed E-state index contributed by atoms with van der Waals surface area (Å²) in [5, 5.41) is 0. The SMILES string of the molecule is CCN(C(=O)c1ccc(CN)cn1)c1ccccc1F. The van der Waals surface area contributed by atoms with Gasteiger partial charge in [-0.3, -0.25) is 9.78 Å². The highest BCUT2D eigenvalue weighted by Gasteiger charge is 2.19. The van der Waals surface area contributed by atoms with E-state index in [9.17, 15) is 9.18 Å². The summed E-state index contributed by atoms with van der Waals surface area (Å²) in [6.45, 7) is 2.52. The molecule has 0 aliphatic carbocycles. The Labute approximate surface area is 117 Å². The fourth-order valence-corrected chi connectivity index (χ4v) is 1.90. The lowest BCUT2D eigenvalue weighted by Crippen LogP contribution is -2.32. The van der Waals surface area contributed by atoms with Crippen molar-refractivity contribution in [3.8, 4) is 0 Å². The smallest absolute Gasteiger partial charge is 0.276 e. The van der Waals surface area contributed by atoms with Crippen LogP contribution in [0.3, 0.4) is 0 Å². The van der Waals surface area contributed by atoms with E-state index in [1.165, 1.54) is 11.0 Å². The Morgan fingerprint density at radius 3 is 2.60 bits per heavy atom. The van der Waals surface area contributed by atoms with Gasteiger partial charge in [0.05, 0.1) is 5.69 Å². The van der Waals surface area contributed by atoms with E-state index in [2.05, 4.69) is 4.98 Å². The molecular formula is C15H16FN3O. The largest absolute Gasteiger partial charge is 0.326 e. The maximum absolute atomic E-state index is 13.8. The van der Waals surface area contributed by atoms with Crippen LogP contribution in [0.15, 0.2) is 42.6 Å². The molecule has 2 aromatic rings. The Hall–Kier alpha value is -2.27. The molecule has 0 aliphatic heterocycles. The molecule has 104 valence electrons. The Kier molecular flexibility index (Phi) is 4.42. The van der Waals surface area contributed by atoms with E-state index in [1.54, 1.807) is 43.5 Å². The molecule has 0 atom stereocenters. The summed E-state index contributed by atoms with van der Waals surface area (Å²) in [6.07, 6.45) is 1.56. The third-order valence-corrected chi connectivity index (χ3v) is 2.98. The maximum atomic E-state index is 13.8. The van der Waals surface area contributed by atoms with E-state index >= 15 is 0 Å². The maximum Gasteiger partial charge on any atom is 0.276 e. The van der Waals surface area contributed by atoms with Crippen molar-refractivity contribution in [2.75, 3.05) is 11.4 Å². The topological polar surface area (TPSA) is 59.2 Å². The van der Waals surface area contributed by atoms with Gasteiger partial charge in [0, 0.05) is 19.3 Å². The Morgan fingerprint density at radius 2 is 2.05 bits per heavy atom. The van der Waals surface area contributed by atoms with Gasteiger partial charge in [-0.1, -0.05) is 18.2 Å². The summed E-state index contributed by atoms with van der Waals surface area (Å²) >= 11 is 0. The van der Waals surface area contributed by atoms with Crippen LogP contribution in [0.5, 0.6) is 0 Å². The van der Waals surface area contributed by atoms with Gasteiger partial charge in [-0.2, -0.15) is 0 Å². The minimum absolute atomic E-state index is 0.254. The Bertz CT molecular complexity index is 598. The van der Waals surface area contributed by atoms with Gasteiger partial charge < -0.3 is 10.6 Å². The molecule has 0 fully saturated rings. The molecule has 0 saturated heterocycles. The zero-order chi connectivity index (χ0) is 14.5. The number of rotatable bonds is 4. The second kappa shape index (κ2) is 6.25. The first-order valence-corrected chi connectivity index (χ1v) is 6.38. The van der Waals surface area contributed by atoms with E-state index in [1.807, 2.05) is 0 Å². The predicted molar refractivity (Wildman–Crippen MR) is 75.9 cm³/mol. The van der Waals surface area contributed by atoms with Gasteiger partial charge in [-0.15, -0.1) is 0 Å². The molecule has 0 spiro atoms. The summed E-state index contributed by atoms with van der Waals surface area (Å²) in [5.74, 6) is -0.762. The number of nitrogens with zero attached hydrogens (tertiary/aromatic N) is 2. The predicted octanol–water partition coefficient (Wildman–Crippen LogP) is 2.35. The van der Waals surface area contributed by atoms with E-state index < -0.39 is 5.82 Å². The monoisotopic (exact) mass is 273 g/mol. The summed E-state index contributed by atoms with van der Waals surface area (Å²) in [7, 11) is 0. The molecule has 4 nitrogen and oxygen atoms in total. The first-order valence-electron chi connectivity index (χ1n) is 6.38. The molecule has 0 aliphatic rings. The van der Waals surface area contributed by atoms with Crippen molar-refractivity contribution in [1.82, 2.24) is 4.98 Å². The summed E-state index contributed by atoms with van der Waals surface area (Å²) in [5.41, 5.74) is 6.86. The molecule has 0 bridgehead atoms. The highest BCUT2D eigenvalue weighted by Crippen LogP contribution is 2.20. The molecule has 2 rings (SSSR count). The Morgan fingerprint density at radius 1 is 1.30 bits per heavy atom. The second-order valence-corrected chi connectivity index (χ2v) is 4.26. The Balaban J connectivity index is 2.31. The molecule has 2 N–H and O–H groups in total. The zero-order valence-corrected chi connectivity index (χ0v) is 11.2. The van der Waals surface area contributed by atoms with Gasteiger partial charge in [0.2, 0.25) is 0 Å². The number of carbonyl (C=O) groups is 1. The van der Waals surface area contributed by atoms with Crippen molar-refractivity contribution >= 4 is 11.6 Å². The van der Waals surface area contributed by atoms with Crippen molar-refractivity contribution < 1.29 is 9.18 Å². The number of pyridine rings is 1. The molecule has 20 heavy (non-hydrogen) atoms. The van der Waals surface area contributed by atoms with Gasteiger partial charge in [0.15, 0.2) is 0 Å². The third-order valence-electron chi connectivity index (χ3n) is 2.98. The highest BCUT2D eigenvalue weighted by molar-refractivity contribution is 6.04. The minimum atomic E-state index is -0.429. The summed E-state index contributed by atoms with van der Waals surface area (Å²) < 4.78 is 13.8. The van der Waals surface area contributed by atoms with Crippen LogP contribution in [-0.2, 0) is 6.54 Å². The number of aromatic nitrogens is 1. The van der Waals surface area contributed by atoms with Gasteiger partial charge in [0.1, 0.15) is 11.5 Å². The fourth-order valence-electron chi connectivity index (χ4n) is 1.90. The van der Waals surface area contributed by atoms with Crippen LogP contribution in [-0.4, -0.2) is 17.4 Å². The number of anilines is 1. The van der Waals surface area contributed by atoms with Crippen LogP contribution in [0.1, 0.15) is 23.0 Å². The summed E-state index contributed by atoms with van der Waals surface area (Å²) in [6, 6.07) is 9.54. The van der Waals surface area contributed by atoms with Gasteiger partial charge in [0.25, 0.3) is 5.91 Å². The standard InChI is InChI=1S/C15H16FN3O/c1-2-19(14-6-4-3-5-12(14)16)15(20)13-8-7-11(9-17)10-18-13/h3-8,10H,2,9,17H2,1H3. The number of para-hydroxylation sites is 1. The number of amides is 1. The number of carbonyl (C=O) groups excluding carboxylic acids is 1. The molecule has 1 amide bonds. The van der Waals surface area contributed by atoms with Gasteiger partial charge in [-0.25, -0.2) is 4.39 Å². The lowest BCUT2D eigenvalue weighted by Gasteiger charge is -2.21. The molecule has 1 heterocycles. The van der Waals surface area contributed by atoms with Crippen LogP contribution < -0.4 is 10.6 Å². The average molecular weight is 273 g/mol. The van der Waals surface area contributed by atoms with E-state index in [0.29, 0.717) is 13.1 Å². The quantitative estimate of drug-likeness (QED) is 0.930. The van der Waals surface area contributed by atoms with Crippen molar-refractivity contribution in [3.05, 3.63) is 59.7 Å². The van der Waals surface area contributed by atoms with Crippen molar-refractivity contribution in [2.24, 2.45) is 5.73 Å². The van der Waals surface area contributed by atoms with Gasteiger partial charge in [-0.05, 0) is 30.7 Å². The number of halogens is 1. The summed E-state index contributed by atoms with van der Waals surface area (Å²) in [4.78, 5) is 17.8. The van der Waals surface area contributed by atoms with Gasteiger partial charge >= 0.3 is 0 Å². The van der Waals surface area contributed by atoms with Crippen molar-refractivity contribution in [1.29, 1.82) is 0 Å². The molecule has 5 heteroatoms. The van der Waals surface area contributed by atoms with Crippen molar-refractivity contribution in [3.63, 3.8) is 0 Å². The van der Waals surface area contributed by atoms with Crippen LogP contribution in [0, 0.1) is 5.82 Å². The highest BCUT2D eigenvalue weighted by atomic mass is 19.1. The molecule has 1 aromatic heterocycles. The number of hydrogen-bond acceptors (Lipinski definition) is 3. The van der Waals surface area contributed by atoms with Crippen LogP contribution in [0.4, 0.5) is 10.1 Å². The zero-order valence-electron chi connectivity index (χ0n) is 11.2. The number of nitrogens with two attached hydrogens (primary N) is 1. The van der Waals surface area contributed by atoms with E-state index in [-0.39, 0.29) is 17.3 Å². The van der Waals surface area contributed by atoms with Crippen LogP contribution in [0.25, 0.3) is 0 Å². The normalized spacial score (nSPS) is 10.3.